The predicted molar refractivity (Wildman–Crippen MR) is 81.4 cm³/mol. The quantitative estimate of drug-likeness (QED) is 0.687. The van der Waals surface area contributed by atoms with Gasteiger partial charge in [0.05, 0.1) is 0 Å². The third-order valence-electron chi connectivity index (χ3n) is 6.67. The Balaban J connectivity index is 1.63. The maximum absolute atomic E-state index is 13.3. The van der Waals surface area contributed by atoms with Crippen molar-refractivity contribution >= 4 is 5.78 Å². The molecule has 4 bridgehead atoms. The number of hydrogen-bond acceptors (Lipinski definition) is 1. The summed E-state index contributed by atoms with van der Waals surface area (Å²) >= 11 is 0. The first-order valence-electron chi connectivity index (χ1n) is 8.83. The molecule has 5 aliphatic carbocycles. The van der Waals surface area contributed by atoms with Gasteiger partial charge in [-0.1, -0.05) is 19.4 Å². The van der Waals surface area contributed by atoms with Crippen LogP contribution in [0.25, 0.3) is 0 Å². The molecule has 0 aromatic carbocycles. The monoisotopic (exact) mass is 272 g/mol. The molecule has 0 aliphatic heterocycles. The molecule has 1 heteroatoms. The molecule has 1 nitrogen and oxygen atoms in total. The average molecular weight is 272 g/mol. The van der Waals surface area contributed by atoms with E-state index >= 15 is 0 Å². The van der Waals surface area contributed by atoms with E-state index in [1.165, 1.54) is 63.4 Å². The van der Waals surface area contributed by atoms with Gasteiger partial charge in [-0.15, -0.1) is 0 Å². The van der Waals surface area contributed by atoms with Crippen molar-refractivity contribution in [3.05, 3.63) is 11.6 Å². The zero-order chi connectivity index (χ0) is 13.8. The summed E-state index contributed by atoms with van der Waals surface area (Å²) < 4.78 is 0. The molecule has 4 saturated carbocycles. The van der Waals surface area contributed by atoms with Crippen molar-refractivity contribution < 1.29 is 4.79 Å². The van der Waals surface area contributed by atoms with Gasteiger partial charge < -0.3 is 0 Å². The van der Waals surface area contributed by atoms with Crippen molar-refractivity contribution in [3.8, 4) is 0 Å². The van der Waals surface area contributed by atoms with E-state index in [0.29, 0.717) is 11.2 Å². The smallest absolute Gasteiger partial charge is 0.164 e. The fourth-order valence-electron chi connectivity index (χ4n) is 6.55. The molecule has 0 aromatic heterocycles. The van der Waals surface area contributed by atoms with Crippen molar-refractivity contribution in [2.45, 2.75) is 77.6 Å². The minimum Gasteiger partial charge on any atom is -0.294 e. The molecular formula is C19H28O. The number of rotatable bonds is 2. The molecule has 0 saturated heterocycles. The first kappa shape index (κ1) is 13.1. The van der Waals surface area contributed by atoms with E-state index < -0.39 is 0 Å². The number of hydrogen-bond donors (Lipinski definition) is 0. The van der Waals surface area contributed by atoms with E-state index in [1.54, 1.807) is 0 Å². The van der Waals surface area contributed by atoms with Gasteiger partial charge in [0, 0.05) is 5.41 Å². The highest BCUT2D eigenvalue weighted by Crippen LogP contribution is 2.65. The normalized spacial score (nSPS) is 47.0. The summed E-state index contributed by atoms with van der Waals surface area (Å²) in [7, 11) is 0. The van der Waals surface area contributed by atoms with Gasteiger partial charge in [-0.3, -0.25) is 4.79 Å². The van der Waals surface area contributed by atoms with Crippen molar-refractivity contribution in [1.82, 2.24) is 0 Å². The lowest BCUT2D eigenvalue weighted by Gasteiger charge is -2.60. The molecule has 0 aromatic rings. The Labute approximate surface area is 123 Å². The summed E-state index contributed by atoms with van der Waals surface area (Å²) in [5.74, 6) is 2.30. The second-order valence-corrected chi connectivity index (χ2v) is 8.71. The topological polar surface area (TPSA) is 17.1 Å². The first-order chi connectivity index (χ1) is 9.59. The lowest BCUT2D eigenvalue weighted by atomic mass is 9.43. The highest BCUT2D eigenvalue weighted by Gasteiger charge is 2.58. The minimum absolute atomic E-state index is 0.0645. The van der Waals surface area contributed by atoms with Gasteiger partial charge in [-0.2, -0.15) is 0 Å². The Kier molecular flexibility index (Phi) is 2.91. The Morgan fingerprint density at radius 1 is 1.10 bits per heavy atom. The van der Waals surface area contributed by atoms with Crippen LogP contribution in [0.1, 0.15) is 77.6 Å². The lowest BCUT2D eigenvalue weighted by molar-refractivity contribution is -0.149. The molecule has 5 aliphatic rings. The highest BCUT2D eigenvalue weighted by molar-refractivity contribution is 6.00. The average Bonchev–Trinajstić information content (AvgIpc) is 2.63. The van der Waals surface area contributed by atoms with E-state index in [-0.39, 0.29) is 5.41 Å². The maximum atomic E-state index is 13.3. The Hall–Kier alpha value is -0.590. The molecule has 0 radical (unpaired) electrons. The third kappa shape index (κ3) is 2.00. The maximum Gasteiger partial charge on any atom is 0.164 e. The Morgan fingerprint density at radius 3 is 2.55 bits per heavy atom. The highest BCUT2D eigenvalue weighted by atomic mass is 16.1. The van der Waals surface area contributed by atoms with Crippen LogP contribution in [0.15, 0.2) is 11.6 Å². The fourth-order valence-corrected chi connectivity index (χ4v) is 6.55. The van der Waals surface area contributed by atoms with Crippen LogP contribution in [0.5, 0.6) is 0 Å². The zero-order valence-electron chi connectivity index (χ0n) is 12.9. The molecule has 110 valence electrons. The molecule has 5 rings (SSSR count). The second-order valence-electron chi connectivity index (χ2n) is 8.71. The molecular weight excluding hydrogens is 244 g/mol. The largest absolute Gasteiger partial charge is 0.294 e. The third-order valence-corrected chi connectivity index (χ3v) is 6.67. The number of carbonyl (C=O) groups excluding carboxylic acids is 1. The van der Waals surface area contributed by atoms with E-state index in [4.69, 9.17) is 0 Å². The molecule has 20 heavy (non-hydrogen) atoms. The molecule has 0 amide bonds. The fraction of sp³-hybridized carbons (Fsp3) is 0.842. The van der Waals surface area contributed by atoms with E-state index in [1.807, 2.05) is 0 Å². The van der Waals surface area contributed by atoms with E-state index in [0.717, 1.165) is 24.7 Å². The van der Waals surface area contributed by atoms with Gasteiger partial charge in [-0.25, -0.2) is 0 Å². The number of allylic oxidation sites excluding steroid dienone is 2. The van der Waals surface area contributed by atoms with Gasteiger partial charge >= 0.3 is 0 Å². The lowest BCUT2D eigenvalue weighted by Crippen LogP contribution is -2.54. The minimum atomic E-state index is 0.0645. The Bertz CT molecular complexity index is 444. The summed E-state index contributed by atoms with van der Waals surface area (Å²) in [5, 5.41) is 0. The molecule has 2 unspecified atom stereocenters. The van der Waals surface area contributed by atoms with Crippen molar-refractivity contribution in [1.29, 1.82) is 0 Å². The first-order valence-corrected chi connectivity index (χ1v) is 8.83. The standard InChI is InChI=1S/C19H28O/c1-18-9-14-8-15(10-18)12-19(11-14,13-18)17(20)16-6-4-2-3-5-7-16/h6,14-15H,2-5,7-13H2,1H3. The van der Waals surface area contributed by atoms with E-state index in [2.05, 4.69) is 13.0 Å². The molecule has 2 atom stereocenters. The zero-order valence-corrected chi connectivity index (χ0v) is 12.9. The predicted octanol–water partition coefficient (Wildman–Crippen LogP) is 5.05. The summed E-state index contributed by atoms with van der Waals surface area (Å²) in [5.41, 5.74) is 1.77. The van der Waals surface area contributed by atoms with Gasteiger partial charge in [0.25, 0.3) is 0 Å². The number of Topliss-reactive ketones (excluding diaryl/α,β-unsaturated/α-hetero) is 1. The van der Waals surface area contributed by atoms with E-state index in [9.17, 15) is 4.79 Å². The summed E-state index contributed by atoms with van der Waals surface area (Å²) in [6.07, 6.45) is 16.2. The van der Waals surface area contributed by atoms with Gasteiger partial charge in [-0.05, 0) is 87.0 Å². The van der Waals surface area contributed by atoms with Gasteiger partial charge in [0.2, 0.25) is 0 Å². The number of carbonyl (C=O) groups is 1. The SMILES string of the molecule is CC12CC3CC(C1)CC(C(=O)C1=CCCCCC1)(C3)C2. The van der Waals surface area contributed by atoms with Crippen molar-refractivity contribution in [2.24, 2.45) is 22.7 Å². The Morgan fingerprint density at radius 2 is 1.85 bits per heavy atom. The van der Waals surface area contributed by atoms with Crippen LogP contribution in [0.3, 0.4) is 0 Å². The summed E-state index contributed by atoms with van der Waals surface area (Å²) in [6, 6.07) is 0. The molecule has 4 fully saturated rings. The van der Waals surface area contributed by atoms with Crippen LogP contribution in [-0.2, 0) is 4.79 Å². The van der Waals surface area contributed by atoms with Crippen LogP contribution < -0.4 is 0 Å². The molecule has 0 N–H and O–H groups in total. The second kappa shape index (κ2) is 4.45. The van der Waals surface area contributed by atoms with Crippen LogP contribution >= 0.6 is 0 Å². The number of ketones is 1. The van der Waals surface area contributed by atoms with Crippen molar-refractivity contribution in [3.63, 3.8) is 0 Å². The summed E-state index contributed by atoms with van der Waals surface area (Å²) in [4.78, 5) is 13.3. The van der Waals surface area contributed by atoms with Gasteiger partial charge in [0.15, 0.2) is 5.78 Å². The van der Waals surface area contributed by atoms with Crippen LogP contribution in [0.4, 0.5) is 0 Å². The molecule has 0 heterocycles. The van der Waals surface area contributed by atoms with Crippen LogP contribution in [0, 0.1) is 22.7 Å². The van der Waals surface area contributed by atoms with Crippen LogP contribution in [0.2, 0.25) is 0 Å². The van der Waals surface area contributed by atoms with Crippen LogP contribution in [-0.4, -0.2) is 5.78 Å². The molecule has 0 spiro atoms. The van der Waals surface area contributed by atoms with Gasteiger partial charge in [0.1, 0.15) is 0 Å². The summed E-state index contributed by atoms with van der Waals surface area (Å²) in [6.45, 7) is 2.47. The van der Waals surface area contributed by atoms with Crippen molar-refractivity contribution in [2.75, 3.05) is 0 Å².